The van der Waals surface area contributed by atoms with Crippen molar-refractivity contribution in [3.63, 3.8) is 0 Å². The van der Waals surface area contributed by atoms with E-state index in [9.17, 15) is 5.11 Å². The molecule has 0 radical (unpaired) electrons. The molecule has 0 aromatic heterocycles. The zero-order valence-corrected chi connectivity index (χ0v) is 13.8. The summed E-state index contributed by atoms with van der Waals surface area (Å²) in [7, 11) is 0. The number of para-hydroxylation sites is 2. The highest BCUT2D eigenvalue weighted by molar-refractivity contribution is 5.58. The van der Waals surface area contributed by atoms with Crippen LogP contribution in [0.3, 0.4) is 0 Å². The molecular weight excluding hydrogens is 294 g/mol. The lowest BCUT2D eigenvalue weighted by molar-refractivity contribution is 0.115. The topological polar surface area (TPSA) is 84.7 Å². The van der Waals surface area contributed by atoms with Gasteiger partial charge in [0.2, 0.25) is 0 Å². The third kappa shape index (κ3) is 5.32. The molecule has 1 N–H and O–H groups in total. The van der Waals surface area contributed by atoms with E-state index in [-0.39, 0.29) is 12.6 Å². The molecule has 1 fully saturated rings. The van der Waals surface area contributed by atoms with Crippen LogP contribution in [0.2, 0.25) is 0 Å². The van der Waals surface area contributed by atoms with E-state index in [2.05, 4.69) is 25.9 Å². The smallest absolute Gasteiger partial charge is 0.142 e. The van der Waals surface area contributed by atoms with Gasteiger partial charge in [-0.2, -0.15) is 0 Å². The van der Waals surface area contributed by atoms with Crippen molar-refractivity contribution in [2.45, 2.75) is 26.1 Å². The van der Waals surface area contributed by atoms with Gasteiger partial charge in [-0.3, -0.25) is 4.90 Å². The molecule has 1 aliphatic heterocycles. The summed E-state index contributed by atoms with van der Waals surface area (Å²) in [6.45, 7) is 8.21. The van der Waals surface area contributed by atoms with E-state index in [1.807, 2.05) is 32.0 Å². The summed E-state index contributed by atoms with van der Waals surface area (Å²) in [6, 6.07) is 8.11. The van der Waals surface area contributed by atoms with Gasteiger partial charge in [-0.15, -0.1) is 0 Å². The minimum Gasteiger partial charge on any atom is -0.489 e. The fraction of sp³-hybridized carbons (Fsp3) is 0.625. The maximum atomic E-state index is 9.82. The van der Waals surface area contributed by atoms with Gasteiger partial charge in [0, 0.05) is 37.6 Å². The molecule has 23 heavy (non-hydrogen) atoms. The van der Waals surface area contributed by atoms with E-state index in [1.165, 1.54) is 0 Å². The largest absolute Gasteiger partial charge is 0.489 e. The van der Waals surface area contributed by atoms with Gasteiger partial charge in [-0.05, 0) is 31.5 Å². The summed E-state index contributed by atoms with van der Waals surface area (Å²) in [4.78, 5) is 7.19. The monoisotopic (exact) mass is 319 g/mol. The van der Waals surface area contributed by atoms with Crippen LogP contribution in [-0.4, -0.2) is 61.5 Å². The first-order valence-corrected chi connectivity index (χ1v) is 8.02. The Hall–Kier alpha value is -1.95. The van der Waals surface area contributed by atoms with Gasteiger partial charge in [0.25, 0.3) is 0 Å². The van der Waals surface area contributed by atoms with Gasteiger partial charge >= 0.3 is 0 Å². The SMILES string of the molecule is CC(C)Oc1ccccc1N1CCN(C[C@H](O)CN=[N+]=[N-])CC1. The number of ether oxygens (including phenoxy) is 1. The molecule has 0 bridgehead atoms. The van der Waals surface area contributed by atoms with Crippen molar-refractivity contribution in [1.29, 1.82) is 0 Å². The number of azide groups is 1. The van der Waals surface area contributed by atoms with Crippen molar-refractivity contribution in [3.05, 3.63) is 34.7 Å². The number of hydrogen-bond acceptors (Lipinski definition) is 5. The second kappa shape index (κ2) is 8.62. The number of hydrogen-bond donors (Lipinski definition) is 1. The molecule has 1 heterocycles. The van der Waals surface area contributed by atoms with Crippen LogP contribution >= 0.6 is 0 Å². The maximum absolute atomic E-state index is 9.82. The van der Waals surface area contributed by atoms with Gasteiger partial charge in [0.15, 0.2) is 0 Å². The molecule has 1 aliphatic rings. The number of anilines is 1. The Balaban J connectivity index is 1.90. The van der Waals surface area contributed by atoms with E-state index >= 15 is 0 Å². The van der Waals surface area contributed by atoms with E-state index in [0.717, 1.165) is 37.6 Å². The molecule has 7 heteroatoms. The Labute approximate surface area is 137 Å². The normalized spacial score (nSPS) is 17.0. The number of benzene rings is 1. The molecule has 0 aliphatic carbocycles. The van der Waals surface area contributed by atoms with Gasteiger partial charge in [-0.1, -0.05) is 17.2 Å². The second-order valence-corrected chi connectivity index (χ2v) is 5.99. The Morgan fingerprint density at radius 1 is 1.26 bits per heavy atom. The van der Waals surface area contributed by atoms with E-state index in [4.69, 9.17) is 10.3 Å². The standard InChI is InChI=1S/C16H25N5O2/c1-13(2)23-16-6-4-3-5-15(16)21-9-7-20(8-10-21)12-14(22)11-18-19-17/h3-6,13-14,22H,7-12H2,1-2H3/t14-/m1/s1. The number of piperazine rings is 1. The Kier molecular flexibility index (Phi) is 6.52. The van der Waals surface area contributed by atoms with Crippen molar-refractivity contribution in [2.24, 2.45) is 5.11 Å². The van der Waals surface area contributed by atoms with Crippen LogP contribution in [0.25, 0.3) is 10.4 Å². The van der Waals surface area contributed by atoms with Crippen LogP contribution in [0.4, 0.5) is 5.69 Å². The van der Waals surface area contributed by atoms with Crippen molar-refractivity contribution < 1.29 is 9.84 Å². The average molecular weight is 319 g/mol. The minimum atomic E-state index is -0.603. The van der Waals surface area contributed by atoms with E-state index in [0.29, 0.717) is 6.54 Å². The number of aliphatic hydroxyl groups excluding tert-OH is 1. The molecule has 126 valence electrons. The maximum Gasteiger partial charge on any atom is 0.142 e. The molecule has 0 amide bonds. The zero-order valence-electron chi connectivity index (χ0n) is 13.8. The highest BCUT2D eigenvalue weighted by Crippen LogP contribution is 2.29. The first kappa shape index (κ1) is 17.4. The fourth-order valence-corrected chi connectivity index (χ4v) is 2.73. The second-order valence-electron chi connectivity index (χ2n) is 5.99. The number of aliphatic hydroxyl groups is 1. The van der Waals surface area contributed by atoms with Crippen molar-refractivity contribution in [2.75, 3.05) is 44.2 Å². The average Bonchev–Trinajstić information content (AvgIpc) is 2.54. The predicted octanol–water partition coefficient (Wildman–Crippen LogP) is 2.27. The van der Waals surface area contributed by atoms with E-state index < -0.39 is 6.10 Å². The number of nitrogens with zero attached hydrogens (tertiary/aromatic N) is 5. The summed E-state index contributed by atoms with van der Waals surface area (Å²) >= 11 is 0. The predicted molar refractivity (Wildman–Crippen MR) is 90.9 cm³/mol. The van der Waals surface area contributed by atoms with Crippen LogP contribution < -0.4 is 9.64 Å². The van der Waals surface area contributed by atoms with Crippen LogP contribution in [0, 0.1) is 0 Å². The lowest BCUT2D eigenvalue weighted by Gasteiger charge is -2.37. The van der Waals surface area contributed by atoms with Gasteiger partial charge in [0.1, 0.15) is 5.75 Å². The van der Waals surface area contributed by atoms with Crippen molar-refractivity contribution in [1.82, 2.24) is 4.90 Å². The molecule has 2 rings (SSSR count). The van der Waals surface area contributed by atoms with Gasteiger partial charge < -0.3 is 14.7 Å². The van der Waals surface area contributed by atoms with Gasteiger partial charge in [0.05, 0.1) is 24.4 Å². The molecule has 7 nitrogen and oxygen atoms in total. The summed E-state index contributed by atoms with van der Waals surface area (Å²) in [5, 5.41) is 13.2. The Bertz CT molecular complexity index is 537. The van der Waals surface area contributed by atoms with Gasteiger partial charge in [-0.25, -0.2) is 0 Å². The lowest BCUT2D eigenvalue weighted by Crippen LogP contribution is -2.49. The van der Waals surface area contributed by atoms with Crippen LogP contribution in [0.5, 0.6) is 5.75 Å². The molecule has 0 unspecified atom stereocenters. The quantitative estimate of drug-likeness (QED) is 0.474. The number of β-amino-alcohol motifs (C(OH)–C–C–N with tert-alkyl or cyclic N) is 1. The van der Waals surface area contributed by atoms with Crippen molar-refractivity contribution in [3.8, 4) is 5.75 Å². The van der Waals surface area contributed by atoms with Crippen molar-refractivity contribution >= 4 is 5.69 Å². The highest BCUT2D eigenvalue weighted by atomic mass is 16.5. The molecule has 0 spiro atoms. The van der Waals surface area contributed by atoms with Crippen LogP contribution in [-0.2, 0) is 0 Å². The molecule has 1 aromatic rings. The summed E-state index contributed by atoms with van der Waals surface area (Å²) in [5.41, 5.74) is 9.41. The highest BCUT2D eigenvalue weighted by Gasteiger charge is 2.21. The van der Waals surface area contributed by atoms with Crippen LogP contribution in [0.15, 0.2) is 29.4 Å². The first-order valence-electron chi connectivity index (χ1n) is 8.02. The molecule has 1 aromatic carbocycles. The third-order valence-corrected chi connectivity index (χ3v) is 3.77. The zero-order chi connectivity index (χ0) is 16.7. The summed E-state index contributed by atoms with van der Waals surface area (Å²) < 4.78 is 5.89. The summed E-state index contributed by atoms with van der Waals surface area (Å²) in [5.74, 6) is 0.916. The molecule has 1 saturated heterocycles. The van der Waals surface area contributed by atoms with E-state index in [1.54, 1.807) is 0 Å². The fourth-order valence-electron chi connectivity index (χ4n) is 2.73. The Morgan fingerprint density at radius 3 is 2.61 bits per heavy atom. The molecule has 0 saturated carbocycles. The van der Waals surface area contributed by atoms with Crippen LogP contribution in [0.1, 0.15) is 13.8 Å². The number of rotatable bonds is 7. The lowest BCUT2D eigenvalue weighted by atomic mass is 10.2. The summed E-state index contributed by atoms with van der Waals surface area (Å²) in [6.07, 6.45) is -0.456. The first-order chi connectivity index (χ1) is 11.1. The molecule has 1 atom stereocenters. The minimum absolute atomic E-state index is 0.127. The Morgan fingerprint density at radius 2 is 1.96 bits per heavy atom. The molecular formula is C16H25N5O2. The third-order valence-electron chi connectivity index (χ3n) is 3.77.